The first kappa shape index (κ1) is 19.1. The van der Waals surface area contributed by atoms with E-state index < -0.39 is 5.60 Å². The van der Waals surface area contributed by atoms with Crippen molar-refractivity contribution in [3.63, 3.8) is 0 Å². The van der Waals surface area contributed by atoms with E-state index in [4.69, 9.17) is 4.74 Å². The van der Waals surface area contributed by atoms with E-state index in [1.807, 2.05) is 7.05 Å². The van der Waals surface area contributed by atoms with Gasteiger partial charge in [0, 0.05) is 12.6 Å². The Morgan fingerprint density at radius 3 is 2.69 bits per heavy atom. The Hall–Kier alpha value is -1.66. The summed E-state index contributed by atoms with van der Waals surface area (Å²) in [7, 11) is 2.02. The molecule has 6 heteroatoms. The minimum absolute atomic E-state index is 0.0688. The number of carbonyl (C=O) groups excluding carboxylic acids is 1. The SMILES string of the molecule is CN(CC(=O)N1CCCC(O)(COc2ccc(F)cc2)C1)C1CCCC1. The van der Waals surface area contributed by atoms with Crippen LogP contribution in [0, 0.1) is 5.82 Å². The molecule has 1 saturated heterocycles. The molecule has 0 aromatic heterocycles. The molecular formula is C20H29FN2O3. The number of benzene rings is 1. The second kappa shape index (κ2) is 8.35. The molecule has 1 amide bonds. The highest BCUT2D eigenvalue weighted by molar-refractivity contribution is 5.78. The van der Waals surface area contributed by atoms with Crippen LogP contribution in [-0.4, -0.2) is 65.7 Å². The molecule has 0 bridgehead atoms. The van der Waals surface area contributed by atoms with Crippen molar-refractivity contribution in [3.05, 3.63) is 30.1 Å². The Morgan fingerprint density at radius 2 is 2.00 bits per heavy atom. The lowest BCUT2D eigenvalue weighted by Gasteiger charge is -2.39. The molecule has 26 heavy (non-hydrogen) atoms. The first-order chi connectivity index (χ1) is 12.5. The van der Waals surface area contributed by atoms with Gasteiger partial charge in [-0.1, -0.05) is 12.8 Å². The summed E-state index contributed by atoms with van der Waals surface area (Å²) in [6.45, 7) is 1.46. The zero-order valence-electron chi connectivity index (χ0n) is 15.5. The van der Waals surface area contributed by atoms with Gasteiger partial charge in [-0.25, -0.2) is 4.39 Å². The molecule has 5 nitrogen and oxygen atoms in total. The van der Waals surface area contributed by atoms with Gasteiger partial charge in [0.25, 0.3) is 0 Å². The summed E-state index contributed by atoms with van der Waals surface area (Å²) in [6.07, 6.45) is 6.16. The quantitative estimate of drug-likeness (QED) is 0.842. The van der Waals surface area contributed by atoms with E-state index in [-0.39, 0.29) is 24.9 Å². The number of likely N-dealkylation sites (N-methyl/N-ethyl adjacent to an activating group) is 1. The van der Waals surface area contributed by atoms with Crippen LogP contribution < -0.4 is 4.74 Å². The molecule has 0 radical (unpaired) electrons. The van der Waals surface area contributed by atoms with Crippen LogP contribution in [0.5, 0.6) is 5.75 Å². The van der Waals surface area contributed by atoms with Crippen molar-refractivity contribution >= 4 is 5.91 Å². The van der Waals surface area contributed by atoms with Crippen LogP contribution >= 0.6 is 0 Å². The van der Waals surface area contributed by atoms with E-state index in [0.29, 0.717) is 31.3 Å². The zero-order chi connectivity index (χ0) is 18.6. The van der Waals surface area contributed by atoms with Crippen molar-refractivity contribution in [2.24, 2.45) is 0 Å². The van der Waals surface area contributed by atoms with Crippen LogP contribution in [0.4, 0.5) is 4.39 Å². The molecule has 1 aliphatic heterocycles. The van der Waals surface area contributed by atoms with Crippen LogP contribution in [0.25, 0.3) is 0 Å². The third-order valence-corrected chi connectivity index (χ3v) is 5.56. The molecule has 1 aromatic carbocycles. The maximum atomic E-state index is 13.0. The second-order valence-corrected chi connectivity index (χ2v) is 7.74. The van der Waals surface area contributed by atoms with Crippen molar-refractivity contribution in [1.29, 1.82) is 0 Å². The van der Waals surface area contributed by atoms with Crippen molar-refractivity contribution in [2.75, 3.05) is 33.3 Å². The van der Waals surface area contributed by atoms with Gasteiger partial charge in [0.05, 0.1) is 13.1 Å². The first-order valence-corrected chi connectivity index (χ1v) is 9.54. The molecule has 1 heterocycles. The van der Waals surface area contributed by atoms with Crippen LogP contribution in [-0.2, 0) is 4.79 Å². The van der Waals surface area contributed by atoms with Crippen LogP contribution in [0.3, 0.4) is 0 Å². The second-order valence-electron chi connectivity index (χ2n) is 7.74. The number of nitrogens with zero attached hydrogens (tertiary/aromatic N) is 2. The largest absolute Gasteiger partial charge is 0.491 e. The first-order valence-electron chi connectivity index (χ1n) is 9.54. The molecule has 1 saturated carbocycles. The van der Waals surface area contributed by atoms with Gasteiger partial charge in [-0.05, 0) is 57.0 Å². The number of piperidine rings is 1. The normalized spacial score (nSPS) is 24.2. The van der Waals surface area contributed by atoms with Crippen LogP contribution in [0.15, 0.2) is 24.3 Å². The van der Waals surface area contributed by atoms with Crippen molar-refractivity contribution in [1.82, 2.24) is 9.80 Å². The van der Waals surface area contributed by atoms with Crippen LogP contribution in [0.1, 0.15) is 38.5 Å². The summed E-state index contributed by atoms with van der Waals surface area (Å²) in [5.41, 5.74) is -1.06. The number of hydrogen-bond donors (Lipinski definition) is 1. The monoisotopic (exact) mass is 364 g/mol. The molecule has 1 unspecified atom stereocenters. The molecule has 0 spiro atoms. The lowest BCUT2D eigenvalue weighted by molar-refractivity contribution is -0.141. The van der Waals surface area contributed by atoms with Gasteiger partial charge in [-0.3, -0.25) is 9.69 Å². The van der Waals surface area contributed by atoms with E-state index in [2.05, 4.69) is 4.90 Å². The van der Waals surface area contributed by atoms with Crippen molar-refractivity contribution in [2.45, 2.75) is 50.2 Å². The predicted octanol–water partition coefficient (Wildman–Crippen LogP) is 2.43. The number of amides is 1. The molecule has 2 fully saturated rings. The number of carbonyl (C=O) groups is 1. The number of halogens is 1. The van der Waals surface area contributed by atoms with Crippen molar-refractivity contribution < 1.29 is 19.0 Å². The summed E-state index contributed by atoms with van der Waals surface area (Å²) < 4.78 is 18.6. The maximum Gasteiger partial charge on any atom is 0.236 e. The Kier molecular flexibility index (Phi) is 6.14. The standard InChI is InChI=1S/C20H29FN2O3/c1-22(17-5-2-3-6-17)13-19(24)23-12-4-11-20(25,14-23)15-26-18-9-7-16(21)8-10-18/h7-10,17,25H,2-6,11-15H2,1H3. The fourth-order valence-corrected chi connectivity index (χ4v) is 3.98. The highest BCUT2D eigenvalue weighted by atomic mass is 19.1. The fourth-order valence-electron chi connectivity index (χ4n) is 3.98. The molecule has 144 valence electrons. The molecule has 1 atom stereocenters. The summed E-state index contributed by atoms with van der Waals surface area (Å²) in [5, 5.41) is 10.8. The average molecular weight is 364 g/mol. The number of aliphatic hydroxyl groups is 1. The number of β-amino-alcohol motifs (C(OH)–C–C–N with tert-alkyl or cyclic N) is 1. The van der Waals surface area contributed by atoms with E-state index in [1.165, 1.54) is 37.8 Å². The zero-order valence-corrected chi connectivity index (χ0v) is 15.5. The predicted molar refractivity (Wildman–Crippen MR) is 97.5 cm³/mol. The molecule has 1 aliphatic carbocycles. The highest BCUT2D eigenvalue weighted by Gasteiger charge is 2.36. The minimum Gasteiger partial charge on any atom is -0.491 e. The molecule has 3 rings (SSSR count). The summed E-state index contributed by atoms with van der Waals surface area (Å²) in [5.74, 6) is 0.264. The van der Waals surface area contributed by atoms with E-state index in [0.717, 1.165) is 6.42 Å². The number of likely N-dealkylation sites (tertiary alicyclic amines) is 1. The number of rotatable bonds is 6. The third kappa shape index (κ3) is 4.95. The third-order valence-electron chi connectivity index (χ3n) is 5.56. The van der Waals surface area contributed by atoms with Gasteiger partial charge >= 0.3 is 0 Å². The topological polar surface area (TPSA) is 53.0 Å². The molecule has 1 N–H and O–H groups in total. The lowest BCUT2D eigenvalue weighted by Crippen LogP contribution is -2.55. The maximum absolute atomic E-state index is 13.0. The van der Waals surface area contributed by atoms with Crippen molar-refractivity contribution in [3.8, 4) is 5.75 Å². The smallest absolute Gasteiger partial charge is 0.236 e. The molecular weight excluding hydrogens is 335 g/mol. The van der Waals surface area contributed by atoms with Crippen LogP contribution in [0.2, 0.25) is 0 Å². The van der Waals surface area contributed by atoms with Gasteiger partial charge in [-0.15, -0.1) is 0 Å². The van der Waals surface area contributed by atoms with Gasteiger partial charge in [0.2, 0.25) is 5.91 Å². The van der Waals surface area contributed by atoms with Gasteiger partial charge in [0.15, 0.2) is 0 Å². The Morgan fingerprint density at radius 1 is 1.31 bits per heavy atom. The summed E-state index contributed by atoms with van der Waals surface area (Å²) in [4.78, 5) is 16.6. The Balaban J connectivity index is 1.51. The number of hydrogen-bond acceptors (Lipinski definition) is 4. The van der Waals surface area contributed by atoms with Gasteiger partial charge < -0.3 is 14.7 Å². The Bertz CT molecular complexity index is 604. The minimum atomic E-state index is -1.06. The molecule has 2 aliphatic rings. The van der Waals surface area contributed by atoms with E-state index in [1.54, 1.807) is 17.0 Å². The highest BCUT2D eigenvalue weighted by Crippen LogP contribution is 2.25. The lowest BCUT2D eigenvalue weighted by atomic mass is 9.93. The van der Waals surface area contributed by atoms with Gasteiger partial charge in [0.1, 0.15) is 23.8 Å². The summed E-state index contributed by atoms with van der Waals surface area (Å²) in [6, 6.07) is 6.25. The van der Waals surface area contributed by atoms with E-state index >= 15 is 0 Å². The van der Waals surface area contributed by atoms with E-state index in [9.17, 15) is 14.3 Å². The Labute approximate surface area is 154 Å². The summed E-state index contributed by atoms with van der Waals surface area (Å²) >= 11 is 0. The number of ether oxygens (including phenoxy) is 1. The fraction of sp³-hybridized carbons (Fsp3) is 0.650. The average Bonchev–Trinajstić information content (AvgIpc) is 3.16. The molecule has 1 aromatic rings. The van der Waals surface area contributed by atoms with Gasteiger partial charge in [-0.2, -0.15) is 0 Å².